The largest absolute Gasteiger partial charge is 0.569 e. The molecule has 0 aliphatic carbocycles. The minimum Gasteiger partial charge on any atom is -0.569 e. The van der Waals surface area contributed by atoms with E-state index in [1.54, 1.807) is 38.1 Å². The van der Waals surface area contributed by atoms with Gasteiger partial charge in [0.05, 0.1) is 33.7 Å². The summed E-state index contributed by atoms with van der Waals surface area (Å²) in [5, 5.41) is 20.5. The van der Waals surface area contributed by atoms with Gasteiger partial charge in [0.15, 0.2) is 11.7 Å². The zero-order chi connectivity index (χ0) is 33.1. The van der Waals surface area contributed by atoms with Crippen molar-refractivity contribution in [2.45, 2.75) is 63.9 Å². The second-order valence-corrected chi connectivity index (χ2v) is 12.3. The fourth-order valence-electron chi connectivity index (χ4n) is 4.37. The predicted octanol–water partition coefficient (Wildman–Crippen LogP) is 4.49. The van der Waals surface area contributed by atoms with E-state index in [0.29, 0.717) is 12.0 Å². The molecule has 0 radical (unpaired) electrons. The van der Waals surface area contributed by atoms with Gasteiger partial charge in [0.2, 0.25) is 5.28 Å². The number of esters is 1. The Kier molecular flexibility index (Phi) is 9.70. The molecule has 0 spiro atoms. The number of rotatable bonds is 10. The first-order valence-electron chi connectivity index (χ1n) is 13.8. The molecule has 2 heterocycles. The summed E-state index contributed by atoms with van der Waals surface area (Å²) in [6, 6.07) is 11.2. The number of aromatic nitrogens is 2. The number of carbonyl (C=O) groups excluding carboxylic acids is 2. The van der Waals surface area contributed by atoms with Crippen LogP contribution in [0.25, 0.3) is 16.9 Å². The Bertz CT molecular complexity index is 1670. The lowest BCUT2D eigenvalue weighted by Gasteiger charge is -2.20. The second-order valence-electron chi connectivity index (χ2n) is 10.6. The average molecular weight is 653 g/mol. The van der Waals surface area contributed by atoms with Gasteiger partial charge in [-0.05, 0) is 50.1 Å². The Morgan fingerprint density at radius 3 is 2.36 bits per heavy atom. The van der Waals surface area contributed by atoms with Crippen LogP contribution in [0.15, 0.2) is 64.8 Å². The van der Waals surface area contributed by atoms with Crippen molar-refractivity contribution in [3.8, 4) is 16.9 Å². The first-order valence-corrected chi connectivity index (χ1v) is 15.3. The topological polar surface area (TPSA) is 158 Å². The fourth-order valence-corrected chi connectivity index (χ4v) is 5.38. The lowest BCUT2D eigenvalue weighted by molar-refractivity contribution is -0.713. The summed E-state index contributed by atoms with van der Waals surface area (Å²) in [5.41, 5.74) is 0.521. The maximum Gasteiger partial charge on any atom is 0.435 e. The highest BCUT2D eigenvalue weighted by Gasteiger charge is 2.39. The quantitative estimate of drug-likeness (QED) is 0.110. The van der Waals surface area contributed by atoms with Crippen molar-refractivity contribution < 1.29 is 45.7 Å². The van der Waals surface area contributed by atoms with Gasteiger partial charge in [0, 0.05) is 12.5 Å². The summed E-state index contributed by atoms with van der Waals surface area (Å²) in [6.45, 7) is 6.46. The Morgan fingerprint density at radius 1 is 1.11 bits per heavy atom. The van der Waals surface area contributed by atoms with Gasteiger partial charge < -0.3 is 9.94 Å². The van der Waals surface area contributed by atoms with Gasteiger partial charge in [-0.15, -0.1) is 5.01 Å². The number of aryl methyl sites for hydroxylation is 1. The molecule has 0 bridgehead atoms. The third-order valence-electron chi connectivity index (χ3n) is 6.74. The standard InChI is InChI=1S/C28H31F3N6O7S/c1-17(2)27(39)43-19(4)44-34-37(40)35-15-5-6-23(35)26(38)33-45(41,42)22-13-11-21(12-14-22)36-24(16-25(32-36)28(29,30)31)20-9-7-18(3)8-10-20/h7-14,16-17,19,23H,5-6,15H2,1-4H3,(H,33,38)/t19?,23-/m0/s1. The Labute approximate surface area is 256 Å². The number of nitrogens with zero attached hydrogens (tertiary/aromatic N) is 5. The van der Waals surface area contributed by atoms with Crippen LogP contribution < -0.4 is 4.72 Å². The zero-order valence-corrected chi connectivity index (χ0v) is 25.5. The maximum atomic E-state index is 13.5. The molecule has 1 aliphatic rings. The molecule has 1 fully saturated rings. The number of ether oxygens (including phenoxy) is 1. The van der Waals surface area contributed by atoms with Crippen molar-refractivity contribution in [3.63, 3.8) is 0 Å². The molecule has 1 amide bonds. The SMILES string of the molecule is Cc1ccc(-c2cc(C(F)(F)F)nn2-c2ccc(S(=O)(=O)NC(=O)[C@@H]3CCCN3[N+]([O-])=NOC(C)OC(=O)C(C)C)cc2)cc1. The molecule has 1 unspecified atom stereocenters. The summed E-state index contributed by atoms with van der Waals surface area (Å²) in [4.78, 5) is 29.1. The first kappa shape index (κ1) is 33.2. The smallest absolute Gasteiger partial charge is 0.435 e. The van der Waals surface area contributed by atoms with Crippen molar-refractivity contribution in [2.75, 3.05) is 6.54 Å². The molecule has 17 heteroatoms. The molecule has 242 valence electrons. The second kappa shape index (κ2) is 13.1. The number of hydrazine groups is 1. The van der Waals surface area contributed by atoms with E-state index in [9.17, 15) is 36.4 Å². The van der Waals surface area contributed by atoms with Crippen LogP contribution in [0.5, 0.6) is 0 Å². The van der Waals surface area contributed by atoms with Gasteiger partial charge >= 0.3 is 12.1 Å². The summed E-state index contributed by atoms with van der Waals surface area (Å²) in [7, 11) is -4.45. The molecule has 4 rings (SSSR count). The minimum absolute atomic E-state index is 0.0106. The summed E-state index contributed by atoms with van der Waals surface area (Å²) in [6.07, 6.45) is -5.41. The highest BCUT2D eigenvalue weighted by atomic mass is 32.2. The Balaban J connectivity index is 1.49. The summed E-state index contributed by atoms with van der Waals surface area (Å²) in [5.74, 6) is -2.02. The van der Waals surface area contributed by atoms with Gasteiger partial charge in [0.1, 0.15) is 0 Å². The number of benzene rings is 2. The van der Waals surface area contributed by atoms with Crippen molar-refractivity contribution in [2.24, 2.45) is 11.2 Å². The molecule has 1 aliphatic heterocycles. The minimum atomic E-state index is -4.72. The number of alkyl halides is 3. The fraction of sp³-hybridized carbons (Fsp3) is 0.393. The molecule has 2 aromatic carbocycles. The number of hydrogen-bond donors (Lipinski definition) is 1. The molecule has 1 saturated heterocycles. The van der Waals surface area contributed by atoms with E-state index in [1.165, 1.54) is 19.1 Å². The summed E-state index contributed by atoms with van der Waals surface area (Å²) < 4.78 is 74.6. The summed E-state index contributed by atoms with van der Waals surface area (Å²) >= 11 is 0. The number of sulfonamides is 1. The van der Waals surface area contributed by atoms with Gasteiger partial charge in [0.25, 0.3) is 22.2 Å². The van der Waals surface area contributed by atoms with E-state index in [4.69, 9.17) is 9.57 Å². The van der Waals surface area contributed by atoms with E-state index in [-0.39, 0.29) is 34.2 Å². The number of carbonyl (C=O) groups is 2. The van der Waals surface area contributed by atoms with E-state index >= 15 is 0 Å². The highest BCUT2D eigenvalue weighted by Crippen LogP contribution is 2.33. The van der Waals surface area contributed by atoms with Crippen LogP contribution in [0.3, 0.4) is 0 Å². The van der Waals surface area contributed by atoms with Crippen LogP contribution in [0, 0.1) is 18.0 Å². The number of halogens is 3. The third-order valence-corrected chi connectivity index (χ3v) is 8.10. The normalized spacial score (nSPS) is 16.5. The lowest BCUT2D eigenvalue weighted by Crippen LogP contribution is -2.47. The number of amides is 1. The molecule has 1 aromatic heterocycles. The zero-order valence-electron chi connectivity index (χ0n) is 24.7. The highest BCUT2D eigenvalue weighted by molar-refractivity contribution is 7.90. The third kappa shape index (κ3) is 7.89. The Hall–Kier alpha value is -4.67. The van der Waals surface area contributed by atoms with Crippen molar-refractivity contribution in [3.05, 3.63) is 71.1 Å². The van der Waals surface area contributed by atoms with Gasteiger partial charge in [-0.3, -0.25) is 14.4 Å². The van der Waals surface area contributed by atoms with Crippen molar-refractivity contribution >= 4 is 21.9 Å². The average Bonchev–Trinajstić information content (AvgIpc) is 3.65. The van der Waals surface area contributed by atoms with E-state index < -0.39 is 52.0 Å². The first-order chi connectivity index (χ1) is 21.1. The van der Waals surface area contributed by atoms with Gasteiger partial charge in [-0.2, -0.15) is 18.3 Å². The van der Waals surface area contributed by atoms with Crippen molar-refractivity contribution in [1.82, 2.24) is 19.5 Å². The molecule has 2 atom stereocenters. The van der Waals surface area contributed by atoms with Crippen LogP contribution in [0.1, 0.15) is 44.9 Å². The molecule has 45 heavy (non-hydrogen) atoms. The molecular formula is C28H31F3N6O7S. The van der Waals surface area contributed by atoms with E-state index in [0.717, 1.165) is 33.5 Å². The van der Waals surface area contributed by atoms with E-state index in [2.05, 4.69) is 10.4 Å². The molecular weight excluding hydrogens is 621 g/mol. The molecule has 1 N–H and O–H groups in total. The Morgan fingerprint density at radius 2 is 1.76 bits per heavy atom. The number of nitrogens with one attached hydrogen (secondary N) is 1. The molecule has 3 aromatic rings. The van der Waals surface area contributed by atoms with E-state index in [1.807, 2.05) is 11.6 Å². The molecule has 13 nitrogen and oxygen atoms in total. The van der Waals surface area contributed by atoms with Crippen LogP contribution in [-0.2, 0) is 35.4 Å². The van der Waals surface area contributed by atoms with Crippen molar-refractivity contribution in [1.29, 1.82) is 0 Å². The van der Waals surface area contributed by atoms with Crippen LogP contribution in [0.2, 0.25) is 0 Å². The van der Waals surface area contributed by atoms with Crippen LogP contribution >= 0.6 is 0 Å². The van der Waals surface area contributed by atoms with Gasteiger partial charge in [-0.25, -0.2) is 17.8 Å². The number of hydrogen-bond acceptors (Lipinski definition) is 9. The van der Waals surface area contributed by atoms with Crippen LogP contribution in [0.4, 0.5) is 13.2 Å². The maximum absolute atomic E-state index is 13.5. The molecule has 0 saturated carbocycles. The monoisotopic (exact) mass is 652 g/mol. The van der Waals surface area contributed by atoms with Crippen LogP contribution in [-0.4, -0.2) is 58.9 Å². The predicted molar refractivity (Wildman–Crippen MR) is 151 cm³/mol. The van der Waals surface area contributed by atoms with Gasteiger partial charge in [-0.1, -0.05) is 43.7 Å². The lowest BCUT2D eigenvalue weighted by atomic mass is 10.1.